The van der Waals surface area contributed by atoms with Crippen LogP contribution in [0.5, 0.6) is 0 Å². The van der Waals surface area contributed by atoms with Crippen LogP contribution in [-0.4, -0.2) is 63.9 Å². The van der Waals surface area contributed by atoms with Gasteiger partial charge in [0, 0.05) is 51.2 Å². The molecule has 6 nitrogen and oxygen atoms in total. The first kappa shape index (κ1) is 20.9. The quantitative estimate of drug-likeness (QED) is 0.762. The van der Waals surface area contributed by atoms with Gasteiger partial charge in [-0.05, 0) is 49.9 Å². The second kappa shape index (κ2) is 8.82. The van der Waals surface area contributed by atoms with Crippen molar-refractivity contribution in [2.45, 2.75) is 45.7 Å². The number of piperazine rings is 1. The molecular formula is C24H33N5O. The van der Waals surface area contributed by atoms with Gasteiger partial charge in [0.25, 0.3) is 0 Å². The van der Waals surface area contributed by atoms with Crippen molar-refractivity contribution in [1.82, 2.24) is 19.8 Å². The molecule has 2 aliphatic rings. The number of nitrogens with zero attached hydrogens (tertiary/aromatic N) is 5. The molecule has 2 aliphatic heterocycles. The zero-order valence-corrected chi connectivity index (χ0v) is 18.4. The Kier molecular flexibility index (Phi) is 6.16. The minimum absolute atomic E-state index is 0.248. The van der Waals surface area contributed by atoms with Gasteiger partial charge < -0.3 is 4.90 Å². The number of carbonyl (C=O) groups is 1. The summed E-state index contributed by atoms with van der Waals surface area (Å²) in [5, 5.41) is 0. The predicted octanol–water partition coefficient (Wildman–Crippen LogP) is 3.12. The maximum atomic E-state index is 13.9. The van der Waals surface area contributed by atoms with Crippen LogP contribution in [-0.2, 0) is 11.3 Å². The van der Waals surface area contributed by atoms with Gasteiger partial charge in [0.15, 0.2) is 0 Å². The van der Waals surface area contributed by atoms with E-state index in [1.807, 2.05) is 48.5 Å². The lowest BCUT2D eigenvalue weighted by molar-refractivity contribution is -0.138. The standard InChI is InChI=1S/C24H33N5O/c1-19(2)17-28-14-15-29(22-8-7-20(3)26-16-22)23(30)24(28)9-12-27(13-10-24)18-21-6-4-5-11-25-21/h4-8,11,16,19H,9-10,12-15,17-18H2,1-3H3. The first-order valence-electron chi connectivity index (χ1n) is 11.1. The summed E-state index contributed by atoms with van der Waals surface area (Å²) in [7, 11) is 0. The van der Waals surface area contributed by atoms with E-state index in [4.69, 9.17) is 0 Å². The third-order valence-corrected chi connectivity index (χ3v) is 6.43. The molecule has 4 rings (SSSR count). The molecule has 0 saturated carbocycles. The maximum absolute atomic E-state index is 13.9. The van der Waals surface area contributed by atoms with Gasteiger partial charge in [0.05, 0.1) is 17.6 Å². The van der Waals surface area contributed by atoms with Gasteiger partial charge in [-0.25, -0.2) is 0 Å². The summed E-state index contributed by atoms with van der Waals surface area (Å²) in [6, 6.07) is 10.1. The van der Waals surface area contributed by atoms with Crippen LogP contribution in [0.3, 0.4) is 0 Å². The smallest absolute Gasteiger partial charge is 0.247 e. The van der Waals surface area contributed by atoms with Crippen molar-refractivity contribution in [3.05, 3.63) is 54.1 Å². The summed E-state index contributed by atoms with van der Waals surface area (Å²) < 4.78 is 0. The van der Waals surface area contributed by atoms with E-state index in [-0.39, 0.29) is 5.91 Å². The molecule has 4 heterocycles. The summed E-state index contributed by atoms with van der Waals surface area (Å²) in [4.78, 5) is 29.6. The van der Waals surface area contributed by atoms with Crippen molar-refractivity contribution in [1.29, 1.82) is 0 Å². The number of likely N-dealkylation sites (tertiary alicyclic amines) is 1. The monoisotopic (exact) mass is 407 g/mol. The van der Waals surface area contributed by atoms with Crippen LogP contribution in [0.4, 0.5) is 5.69 Å². The van der Waals surface area contributed by atoms with Crippen molar-refractivity contribution in [3.63, 3.8) is 0 Å². The first-order valence-corrected chi connectivity index (χ1v) is 11.1. The molecule has 160 valence electrons. The van der Waals surface area contributed by atoms with E-state index < -0.39 is 5.54 Å². The van der Waals surface area contributed by atoms with Gasteiger partial charge in [-0.15, -0.1) is 0 Å². The van der Waals surface area contributed by atoms with Crippen LogP contribution in [0, 0.1) is 12.8 Å². The van der Waals surface area contributed by atoms with Crippen molar-refractivity contribution < 1.29 is 4.79 Å². The summed E-state index contributed by atoms with van der Waals surface area (Å²) >= 11 is 0. The van der Waals surface area contributed by atoms with Gasteiger partial charge in [0.1, 0.15) is 5.54 Å². The van der Waals surface area contributed by atoms with Crippen LogP contribution in [0.15, 0.2) is 42.7 Å². The molecule has 2 saturated heterocycles. The number of amides is 1. The lowest BCUT2D eigenvalue weighted by Crippen LogP contribution is -2.69. The molecule has 0 radical (unpaired) electrons. The molecular weight excluding hydrogens is 374 g/mol. The average Bonchev–Trinajstić information content (AvgIpc) is 2.74. The first-order chi connectivity index (χ1) is 14.5. The number of aromatic nitrogens is 2. The summed E-state index contributed by atoms with van der Waals surface area (Å²) in [5.74, 6) is 0.784. The largest absolute Gasteiger partial charge is 0.308 e. The van der Waals surface area contributed by atoms with E-state index in [1.165, 1.54) is 0 Å². The normalized spacial score (nSPS) is 20.3. The molecule has 2 aromatic heterocycles. The third-order valence-electron chi connectivity index (χ3n) is 6.43. The molecule has 0 atom stereocenters. The minimum Gasteiger partial charge on any atom is -0.308 e. The molecule has 2 aromatic rings. The highest BCUT2D eigenvalue weighted by atomic mass is 16.2. The lowest BCUT2D eigenvalue weighted by Gasteiger charge is -2.53. The Morgan fingerprint density at radius 2 is 1.83 bits per heavy atom. The number of carbonyl (C=O) groups excluding carboxylic acids is 1. The van der Waals surface area contributed by atoms with Crippen LogP contribution in [0.25, 0.3) is 0 Å². The fourth-order valence-corrected chi connectivity index (χ4v) is 4.83. The molecule has 30 heavy (non-hydrogen) atoms. The van der Waals surface area contributed by atoms with E-state index in [0.29, 0.717) is 5.92 Å². The SMILES string of the molecule is Cc1ccc(N2CCN(CC(C)C)C3(CCN(Cc4ccccn4)CC3)C2=O)cn1. The molecule has 0 unspecified atom stereocenters. The minimum atomic E-state index is -0.409. The molecule has 0 aliphatic carbocycles. The maximum Gasteiger partial charge on any atom is 0.247 e. The Morgan fingerprint density at radius 1 is 1.03 bits per heavy atom. The number of aryl methyl sites for hydroxylation is 1. The van der Waals surface area contributed by atoms with E-state index in [2.05, 4.69) is 39.7 Å². The van der Waals surface area contributed by atoms with Crippen LogP contribution in [0.1, 0.15) is 38.1 Å². The van der Waals surface area contributed by atoms with Crippen molar-refractivity contribution in [3.8, 4) is 0 Å². The predicted molar refractivity (Wildman–Crippen MR) is 119 cm³/mol. The highest BCUT2D eigenvalue weighted by Crippen LogP contribution is 2.36. The van der Waals surface area contributed by atoms with E-state index in [1.54, 1.807) is 0 Å². The summed E-state index contributed by atoms with van der Waals surface area (Å²) in [5.41, 5.74) is 2.58. The summed E-state index contributed by atoms with van der Waals surface area (Å²) in [6.07, 6.45) is 5.42. The Hall–Kier alpha value is -2.31. The Labute approximate surface area is 179 Å². The zero-order chi connectivity index (χ0) is 21.1. The third kappa shape index (κ3) is 4.25. The van der Waals surface area contributed by atoms with E-state index in [0.717, 1.165) is 69.2 Å². The molecule has 0 aromatic carbocycles. The fourth-order valence-electron chi connectivity index (χ4n) is 4.83. The van der Waals surface area contributed by atoms with E-state index in [9.17, 15) is 4.79 Å². The second-order valence-corrected chi connectivity index (χ2v) is 9.08. The van der Waals surface area contributed by atoms with Crippen molar-refractivity contribution >= 4 is 11.6 Å². The molecule has 6 heteroatoms. The number of anilines is 1. The molecule has 2 fully saturated rings. The average molecular weight is 408 g/mol. The molecule has 1 amide bonds. The molecule has 1 spiro atoms. The highest BCUT2D eigenvalue weighted by Gasteiger charge is 2.51. The number of rotatable bonds is 5. The number of pyridine rings is 2. The topological polar surface area (TPSA) is 52.6 Å². The fraction of sp³-hybridized carbons (Fsp3) is 0.542. The van der Waals surface area contributed by atoms with Gasteiger partial charge in [-0.1, -0.05) is 19.9 Å². The van der Waals surface area contributed by atoms with Crippen molar-refractivity contribution in [2.24, 2.45) is 5.92 Å². The lowest BCUT2D eigenvalue weighted by atomic mass is 9.81. The molecule has 0 N–H and O–H groups in total. The summed E-state index contributed by atoms with van der Waals surface area (Å²) in [6.45, 7) is 11.7. The van der Waals surface area contributed by atoms with Crippen LogP contribution < -0.4 is 4.90 Å². The molecule has 0 bridgehead atoms. The Morgan fingerprint density at radius 3 is 2.47 bits per heavy atom. The van der Waals surface area contributed by atoms with Crippen LogP contribution in [0.2, 0.25) is 0 Å². The van der Waals surface area contributed by atoms with Gasteiger partial charge in [-0.3, -0.25) is 24.6 Å². The van der Waals surface area contributed by atoms with E-state index >= 15 is 0 Å². The van der Waals surface area contributed by atoms with Gasteiger partial charge >= 0.3 is 0 Å². The number of hydrogen-bond donors (Lipinski definition) is 0. The number of hydrogen-bond acceptors (Lipinski definition) is 5. The Balaban J connectivity index is 1.53. The van der Waals surface area contributed by atoms with Crippen LogP contribution >= 0.6 is 0 Å². The second-order valence-electron chi connectivity index (χ2n) is 9.08. The van der Waals surface area contributed by atoms with Crippen molar-refractivity contribution in [2.75, 3.05) is 37.6 Å². The van der Waals surface area contributed by atoms with Gasteiger partial charge in [-0.2, -0.15) is 0 Å². The highest BCUT2D eigenvalue weighted by molar-refractivity contribution is 6.01. The zero-order valence-electron chi connectivity index (χ0n) is 18.4. The number of piperidine rings is 1. The van der Waals surface area contributed by atoms with Gasteiger partial charge in [0.2, 0.25) is 5.91 Å². The Bertz CT molecular complexity index is 844.